The van der Waals surface area contributed by atoms with Gasteiger partial charge >= 0.3 is 5.97 Å². The average Bonchev–Trinajstić information content (AvgIpc) is 2.65. The van der Waals surface area contributed by atoms with E-state index in [0.717, 1.165) is 5.69 Å². The number of anilines is 1. The standard InChI is InChI=1S/C19H29F2N3O2/c1-12(2)17-22-14(18(3,4)5)11-15(23-17)24-8-6-13(10-16(25)26)19(20,21)7-9-24/h11-13H,6-10H2,1-5H3,(H,25,26). The second kappa shape index (κ2) is 7.45. The minimum atomic E-state index is -2.98. The lowest BCUT2D eigenvalue weighted by Gasteiger charge is -2.26. The number of carbonyl (C=O) groups is 1. The Kier molecular flexibility index (Phi) is 5.88. The van der Waals surface area contributed by atoms with E-state index in [4.69, 9.17) is 5.11 Å². The van der Waals surface area contributed by atoms with Crippen LogP contribution in [0.15, 0.2) is 6.07 Å². The highest BCUT2D eigenvalue weighted by molar-refractivity contribution is 5.67. The van der Waals surface area contributed by atoms with Crippen LogP contribution in [0.1, 0.15) is 71.3 Å². The van der Waals surface area contributed by atoms with Gasteiger partial charge in [-0.3, -0.25) is 4.79 Å². The van der Waals surface area contributed by atoms with Crippen molar-refractivity contribution in [2.24, 2.45) is 5.92 Å². The van der Waals surface area contributed by atoms with Crippen molar-refractivity contribution in [2.75, 3.05) is 18.0 Å². The Bertz CT molecular complexity index is 657. The van der Waals surface area contributed by atoms with Crippen molar-refractivity contribution in [1.29, 1.82) is 0 Å². The largest absolute Gasteiger partial charge is 0.481 e. The van der Waals surface area contributed by atoms with Crippen molar-refractivity contribution in [2.45, 2.75) is 71.1 Å². The molecule has 0 bridgehead atoms. The number of nitrogens with zero attached hydrogens (tertiary/aromatic N) is 3. The molecule has 1 N–H and O–H groups in total. The van der Waals surface area contributed by atoms with E-state index in [9.17, 15) is 13.6 Å². The quantitative estimate of drug-likeness (QED) is 0.860. The van der Waals surface area contributed by atoms with Crippen LogP contribution in [0, 0.1) is 5.92 Å². The Labute approximate surface area is 153 Å². The SMILES string of the molecule is CC(C)c1nc(N2CCC(CC(=O)O)C(F)(F)CC2)cc(C(C)(C)C)n1. The maximum Gasteiger partial charge on any atom is 0.303 e. The fourth-order valence-electron chi connectivity index (χ4n) is 3.07. The summed E-state index contributed by atoms with van der Waals surface area (Å²) in [6, 6.07) is 1.88. The molecule has 146 valence electrons. The molecule has 5 nitrogen and oxygen atoms in total. The Morgan fingerprint density at radius 3 is 2.54 bits per heavy atom. The van der Waals surface area contributed by atoms with E-state index in [-0.39, 0.29) is 30.7 Å². The minimum absolute atomic E-state index is 0.129. The van der Waals surface area contributed by atoms with Gasteiger partial charge in [-0.05, 0) is 6.42 Å². The summed E-state index contributed by atoms with van der Waals surface area (Å²) in [5.74, 6) is -3.82. The topological polar surface area (TPSA) is 66.3 Å². The summed E-state index contributed by atoms with van der Waals surface area (Å²) in [6.07, 6.45) is -0.739. The molecule has 1 aliphatic heterocycles. The molecule has 1 atom stereocenters. The molecule has 1 aliphatic rings. The first-order valence-corrected chi connectivity index (χ1v) is 9.14. The van der Waals surface area contributed by atoms with Crippen molar-refractivity contribution >= 4 is 11.8 Å². The van der Waals surface area contributed by atoms with Crippen LogP contribution in [0.5, 0.6) is 0 Å². The maximum atomic E-state index is 14.3. The van der Waals surface area contributed by atoms with Crippen molar-refractivity contribution < 1.29 is 18.7 Å². The summed E-state index contributed by atoms with van der Waals surface area (Å²) in [6.45, 7) is 10.7. The lowest BCUT2D eigenvalue weighted by molar-refractivity contribution is -0.143. The number of halogens is 2. The Morgan fingerprint density at radius 1 is 1.35 bits per heavy atom. The predicted octanol–water partition coefficient (Wildman–Crippen LogP) is 4.22. The van der Waals surface area contributed by atoms with Gasteiger partial charge in [0.1, 0.15) is 11.6 Å². The zero-order valence-corrected chi connectivity index (χ0v) is 16.2. The highest BCUT2D eigenvalue weighted by Gasteiger charge is 2.42. The van der Waals surface area contributed by atoms with Gasteiger partial charge in [0.15, 0.2) is 0 Å². The second-order valence-corrected chi connectivity index (χ2v) is 8.46. The molecule has 0 aromatic carbocycles. The van der Waals surface area contributed by atoms with Crippen molar-refractivity contribution in [1.82, 2.24) is 9.97 Å². The fourth-order valence-corrected chi connectivity index (χ4v) is 3.07. The molecule has 2 heterocycles. The summed E-state index contributed by atoms with van der Waals surface area (Å²) in [5.41, 5.74) is 0.701. The van der Waals surface area contributed by atoms with Crippen LogP contribution < -0.4 is 4.90 Å². The van der Waals surface area contributed by atoms with Crippen molar-refractivity contribution in [3.63, 3.8) is 0 Å². The fraction of sp³-hybridized carbons (Fsp3) is 0.737. The van der Waals surface area contributed by atoms with E-state index in [1.807, 2.05) is 24.8 Å². The molecule has 0 radical (unpaired) electrons. The highest BCUT2D eigenvalue weighted by atomic mass is 19.3. The summed E-state index contributed by atoms with van der Waals surface area (Å²) < 4.78 is 28.7. The predicted molar refractivity (Wildman–Crippen MR) is 97.0 cm³/mol. The van der Waals surface area contributed by atoms with Gasteiger partial charge in [-0.25, -0.2) is 18.7 Å². The molecule has 26 heavy (non-hydrogen) atoms. The molecule has 1 saturated heterocycles. The number of alkyl halides is 2. The van der Waals surface area contributed by atoms with Gasteiger partial charge in [0.2, 0.25) is 0 Å². The third-order valence-corrected chi connectivity index (χ3v) is 4.82. The molecular weight excluding hydrogens is 340 g/mol. The lowest BCUT2D eigenvalue weighted by atomic mass is 9.91. The van der Waals surface area contributed by atoms with Crippen LogP contribution in [0.25, 0.3) is 0 Å². The van der Waals surface area contributed by atoms with Crippen LogP contribution in [0.3, 0.4) is 0 Å². The normalized spacial score (nSPS) is 20.9. The first-order chi connectivity index (χ1) is 11.9. The Balaban J connectivity index is 2.33. The van der Waals surface area contributed by atoms with Crippen LogP contribution in [0.2, 0.25) is 0 Å². The molecule has 0 aliphatic carbocycles. The van der Waals surface area contributed by atoms with E-state index in [1.165, 1.54) is 0 Å². The first-order valence-electron chi connectivity index (χ1n) is 9.14. The molecular formula is C19H29F2N3O2. The minimum Gasteiger partial charge on any atom is -0.481 e. The molecule has 1 unspecified atom stereocenters. The number of carboxylic acids is 1. The molecule has 0 amide bonds. The van der Waals surface area contributed by atoms with Crippen LogP contribution >= 0.6 is 0 Å². The number of hydrogen-bond acceptors (Lipinski definition) is 4. The molecule has 2 rings (SSSR count). The van der Waals surface area contributed by atoms with Gasteiger partial charge in [-0.15, -0.1) is 0 Å². The van der Waals surface area contributed by atoms with Gasteiger partial charge in [0.25, 0.3) is 5.92 Å². The average molecular weight is 369 g/mol. The number of aliphatic carboxylic acids is 1. The molecule has 1 aromatic heterocycles. The van der Waals surface area contributed by atoms with Crippen LogP contribution in [-0.2, 0) is 10.2 Å². The third kappa shape index (κ3) is 4.89. The number of carboxylic acid groups (broad SMARTS) is 1. The lowest BCUT2D eigenvalue weighted by Crippen LogP contribution is -2.30. The Hall–Kier alpha value is -1.79. The number of aromatic nitrogens is 2. The second-order valence-electron chi connectivity index (χ2n) is 8.46. The zero-order valence-electron chi connectivity index (χ0n) is 16.2. The van der Waals surface area contributed by atoms with E-state index in [1.54, 1.807) is 0 Å². The van der Waals surface area contributed by atoms with Crippen molar-refractivity contribution in [3.05, 3.63) is 17.6 Å². The maximum absolute atomic E-state index is 14.3. The number of rotatable bonds is 4. The molecule has 1 fully saturated rings. The van der Waals surface area contributed by atoms with Gasteiger partial charge in [0.05, 0.1) is 12.1 Å². The molecule has 0 spiro atoms. The smallest absolute Gasteiger partial charge is 0.303 e. The molecule has 1 aromatic rings. The Morgan fingerprint density at radius 2 is 2.00 bits per heavy atom. The molecule has 0 saturated carbocycles. The van der Waals surface area contributed by atoms with E-state index in [0.29, 0.717) is 18.2 Å². The van der Waals surface area contributed by atoms with Crippen molar-refractivity contribution in [3.8, 4) is 0 Å². The number of hydrogen-bond donors (Lipinski definition) is 1. The summed E-state index contributed by atoms with van der Waals surface area (Å²) in [5, 5.41) is 8.93. The molecule has 7 heteroatoms. The summed E-state index contributed by atoms with van der Waals surface area (Å²) in [7, 11) is 0. The van der Waals surface area contributed by atoms with Gasteiger partial charge in [0, 0.05) is 42.8 Å². The van der Waals surface area contributed by atoms with Crippen LogP contribution in [-0.4, -0.2) is 40.1 Å². The first kappa shape index (κ1) is 20.5. The van der Waals surface area contributed by atoms with Gasteiger partial charge < -0.3 is 10.0 Å². The monoisotopic (exact) mass is 369 g/mol. The van der Waals surface area contributed by atoms with E-state index < -0.39 is 24.2 Å². The zero-order chi connectivity index (χ0) is 19.7. The van der Waals surface area contributed by atoms with E-state index in [2.05, 4.69) is 30.7 Å². The summed E-state index contributed by atoms with van der Waals surface area (Å²) in [4.78, 5) is 22.0. The van der Waals surface area contributed by atoms with Crippen LogP contribution in [0.4, 0.5) is 14.6 Å². The van der Waals surface area contributed by atoms with Gasteiger partial charge in [-0.2, -0.15) is 0 Å². The van der Waals surface area contributed by atoms with E-state index >= 15 is 0 Å². The summed E-state index contributed by atoms with van der Waals surface area (Å²) >= 11 is 0. The van der Waals surface area contributed by atoms with Gasteiger partial charge in [-0.1, -0.05) is 34.6 Å². The third-order valence-electron chi connectivity index (χ3n) is 4.82. The highest BCUT2D eigenvalue weighted by Crippen LogP contribution is 2.37.